The minimum absolute atomic E-state index is 0.0717. The summed E-state index contributed by atoms with van der Waals surface area (Å²) in [6.07, 6.45) is 0.927. The molecule has 12 heavy (non-hydrogen) atoms. The highest BCUT2D eigenvalue weighted by atomic mass is 31.0. The maximum absolute atomic E-state index is 11.5. The van der Waals surface area contributed by atoms with E-state index < -0.39 is 0 Å². The maximum Gasteiger partial charge on any atom is 0.250 e. The number of hydrogen-bond acceptors (Lipinski definition) is 3. The van der Waals surface area contributed by atoms with Gasteiger partial charge in [-0.15, -0.1) is 0 Å². The van der Waals surface area contributed by atoms with Crippen LogP contribution in [0.15, 0.2) is 0 Å². The molecule has 1 saturated heterocycles. The van der Waals surface area contributed by atoms with E-state index in [1.807, 2.05) is 0 Å². The Morgan fingerprint density at radius 1 is 1.75 bits per heavy atom. The molecule has 1 aliphatic heterocycles. The van der Waals surface area contributed by atoms with Crippen LogP contribution in [0.5, 0.6) is 0 Å². The summed E-state index contributed by atoms with van der Waals surface area (Å²) in [7, 11) is 5.76. The fourth-order valence-corrected chi connectivity index (χ4v) is 1.74. The molecule has 0 radical (unpaired) electrons. The molecular formula is C7H15N2O2P. The first kappa shape index (κ1) is 9.90. The Bertz CT molecular complexity index is 177. The normalized spacial score (nSPS) is 24.4. The van der Waals surface area contributed by atoms with Crippen molar-refractivity contribution in [3.05, 3.63) is 0 Å². The van der Waals surface area contributed by atoms with Crippen molar-refractivity contribution in [1.82, 2.24) is 9.73 Å². The second kappa shape index (κ2) is 4.17. The van der Waals surface area contributed by atoms with Gasteiger partial charge in [0.2, 0.25) is 5.91 Å². The average Bonchev–Trinajstić information content (AvgIpc) is 2.49. The molecule has 0 aromatic carbocycles. The zero-order valence-corrected chi connectivity index (χ0v) is 8.64. The molecule has 2 atom stereocenters. The van der Waals surface area contributed by atoms with Crippen molar-refractivity contribution >= 4 is 15.3 Å². The van der Waals surface area contributed by atoms with Crippen molar-refractivity contribution in [2.75, 3.05) is 27.2 Å². The molecule has 0 aromatic heterocycles. The molecule has 5 heteroatoms. The SMILES string of the molecule is CON(C)C(=O)[C@@H]1CCN(P)C1. The van der Waals surface area contributed by atoms with Gasteiger partial charge in [0.1, 0.15) is 0 Å². The Labute approximate surface area is 75.1 Å². The molecule has 1 fully saturated rings. The molecule has 0 spiro atoms. The lowest BCUT2D eigenvalue weighted by atomic mass is 10.1. The highest BCUT2D eigenvalue weighted by molar-refractivity contribution is 7.13. The molecule has 0 aromatic rings. The third-order valence-electron chi connectivity index (χ3n) is 2.15. The molecular weight excluding hydrogens is 175 g/mol. The lowest BCUT2D eigenvalue weighted by molar-refractivity contribution is -0.172. The summed E-state index contributed by atoms with van der Waals surface area (Å²) in [6.45, 7) is 1.79. The van der Waals surface area contributed by atoms with Crippen LogP contribution in [0.3, 0.4) is 0 Å². The van der Waals surface area contributed by atoms with Gasteiger partial charge < -0.3 is 0 Å². The summed E-state index contributed by atoms with van der Waals surface area (Å²) in [6, 6.07) is 0. The molecule has 1 heterocycles. The first-order chi connectivity index (χ1) is 5.65. The second-order valence-electron chi connectivity index (χ2n) is 3.00. The fraction of sp³-hybridized carbons (Fsp3) is 0.857. The second-order valence-corrected chi connectivity index (χ2v) is 3.73. The zero-order valence-electron chi connectivity index (χ0n) is 7.49. The molecule has 0 bridgehead atoms. The maximum atomic E-state index is 11.5. The van der Waals surface area contributed by atoms with Gasteiger partial charge in [-0.1, -0.05) is 9.39 Å². The van der Waals surface area contributed by atoms with Gasteiger partial charge in [0.05, 0.1) is 13.0 Å². The summed E-state index contributed by atoms with van der Waals surface area (Å²) in [4.78, 5) is 16.3. The molecule has 70 valence electrons. The van der Waals surface area contributed by atoms with Crippen LogP contribution < -0.4 is 0 Å². The quantitative estimate of drug-likeness (QED) is 0.458. The summed E-state index contributed by atoms with van der Waals surface area (Å²) < 4.78 is 2.08. The summed E-state index contributed by atoms with van der Waals surface area (Å²) in [5, 5.41) is 1.30. The minimum Gasteiger partial charge on any atom is -0.287 e. The number of nitrogens with zero attached hydrogens (tertiary/aromatic N) is 2. The van der Waals surface area contributed by atoms with E-state index in [0.717, 1.165) is 19.5 Å². The van der Waals surface area contributed by atoms with E-state index in [0.29, 0.717) is 0 Å². The van der Waals surface area contributed by atoms with Crippen molar-refractivity contribution in [3.8, 4) is 0 Å². The zero-order chi connectivity index (χ0) is 9.14. The van der Waals surface area contributed by atoms with E-state index >= 15 is 0 Å². The summed E-state index contributed by atoms with van der Waals surface area (Å²) >= 11 is 0. The molecule has 0 saturated carbocycles. The van der Waals surface area contributed by atoms with E-state index in [4.69, 9.17) is 4.84 Å². The smallest absolute Gasteiger partial charge is 0.250 e. The Kier molecular flexibility index (Phi) is 3.44. The molecule has 1 rings (SSSR count). The predicted molar refractivity (Wildman–Crippen MR) is 49.2 cm³/mol. The van der Waals surface area contributed by atoms with E-state index in [1.165, 1.54) is 12.2 Å². The van der Waals surface area contributed by atoms with E-state index in [-0.39, 0.29) is 11.8 Å². The van der Waals surface area contributed by atoms with Crippen LogP contribution in [0.1, 0.15) is 6.42 Å². The van der Waals surface area contributed by atoms with Crippen LogP contribution in [0, 0.1) is 5.92 Å². The topological polar surface area (TPSA) is 32.8 Å². The van der Waals surface area contributed by atoms with Crippen LogP contribution in [0.25, 0.3) is 0 Å². The van der Waals surface area contributed by atoms with E-state index in [9.17, 15) is 4.79 Å². The number of hydroxylamine groups is 2. The predicted octanol–water partition coefficient (Wildman–Crippen LogP) is 0.118. The Morgan fingerprint density at radius 2 is 2.42 bits per heavy atom. The van der Waals surface area contributed by atoms with Gasteiger partial charge in [-0.3, -0.25) is 14.3 Å². The monoisotopic (exact) mass is 190 g/mol. The first-order valence-corrected chi connectivity index (χ1v) is 4.48. The summed E-state index contributed by atoms with van der Waals surface area (Å²) in [5.74, 6) is 0.176. The number of carbonyl (C=O) groups excluding carboxylic acids is 1. The van der Waals surface area contributed by atoms with Crippen LogP contribution in [-0.4, -0.2) is 42.9 Å². The van der Waals surface area contributed by atoms with Gasteiger partial charge in [-0.25, -0.2) is 5.06 Å². The lowest BCUT2D eigenvalue weighted by Crippen LogP contribution is -2.32. The largest absolute Gasteiger partial charge is 0.287 e. The minimum atomic E-state index is 0.0717. The van der Waals surface area contributed by atoms with Crippen LogP contribution in [0.2, 0.25) is 0 Å². The Hall–Kier alpha value is -0.180. The van der Waals surface area contributed by atoms with Gasteiger partial charge in [-0.2, -0.15) is 0 Å². The molecule has 1 unspecified atom stereocenters. The fourth-order valence-electron chi connectivity index (χ4n) is 1.34. The summed E-state index contributed by atoms with van der Waals surface area (Å²) in [5.41, 5.74) is 0. The van der Waals surface area contributed by atoms with Crippen molar-refractivity contribution in [3.63, 3.8) is 0 Å². The number of rotatable bonds is 2. The van der Waals surface area contributed by atoms with Crippen LogP contribution in [0.4, 0.5) is 0 Å². The van der Waals surface area contributed by atoms with Gasteiger partial charge in [0.25, 0.3) is 0 Å². The Morgan fingerprint density at radius 3 is 2.83 bits per heavy atom. The van der Waals surface area contributed by atoms with E-state index in [1.54, 1.807) is 7.05 Å². The molecule has 1 aliphatic rings. The van der Waals surface area contributed by atoms with Crippen LogP contribution in [-0.2, 0) is 9.63 Å². The number of amides is 1. The molecule has 4 nitrogen and oxygen atoms in total. The highest BCUT2D eigenvalue weighted by Gasteiger charge is 2.28. The van der Waals surface area contributed by atoms with Gasteiger partial charge in [0.15, 0.2) is 0 Å². The van der Waals surface area contributed by atoms with Gasteiger partial charge in [0, 0.05) is 20.1 Å². The third-order valence-corrected chi connectivity index (χ3v) is 2.62. The molecule has 1 amide bonds. The highest BCUT2D eigenvalue weighted by Crippen LogP contribution is 2.20. The van der Waals surface area contributed by atoms with Crippen molar-refractivity contribution in [1.29, 1.82) is 0 Å². The van der Waals surface area contributed by atoms with Crippen molar-refractivity contribution in [2.45, 2.75) is 6.42 Å². The standard InChI is InChI=1S/C7H15N2O2P/c1-8(11-2)7(10)6-3-4-9(12)5-6/h6H,3-5,12H2,1-2H3/t6-/m1/s1. The Balaban J connectivity index is 2.43. The number of hydrogen-bond donors (Lipinski definition) is 0. The van der Waals surface area contributed by atoms with Crippen LogP contribution >= 0.6 is 9.39 Å². The average molecular weight is 190 g/mol. The number of carbonyl (C=O) groups is 1. The van der Waals surface area contributed by atoms with Crippen molar-refractivity contribution < 1.29 is 9.63 Å². The van der Waals surface area contributed by atoms with Crippen molar-refractivity contribution in [2.24, 2.45) is 5.92 Å². The third kappa shape index (κ3) is 2.16. The van der Waals surface area contributed by atoms with E-state index in [2.05, 4.69) is 14.1 Å². The van der Waals surface area contributed by atoms with Gasteiger partial charge in [-0.05, 0) is 6.42 Å². The lowest BCUT2D eigenvalue weighted by Gasteiger charge is -2.17. The molecule has 0 aliphatic carbocycles. The first-order valence-electron chi connectivity index (χ1n) is 3.96. The van der Waals surface area contributed by atoms with Gasteiger partial charge >= 0.3 is 0 Å². The molecule has 0 N–H and O–H groups in total.